The molecular weight excluding hydrogens is 358 g/mol. The van der Waals surface area contributed by atoms with Crippen LogP contribution < -0.4 is 20.5 Å². The number of aliphatic imine (C=N–C) groups is 1. The SMILES string of the molecule is NC1=NC(c2cccc(Br)c2)CC(c2ccc3c(c2)OCO3)N1. The Labute approximate surface area is 142 Å². The monoisotopic (exact) mass is 373 g/mol. The summed E-state index contributed by atoms with van der Waals surface area (Å²) in [4.78, 5) is 4.55. The number of fused-ring (bicyclic) bond motifs is 1. The zero-order chi connectivity index (χ0) is 15.8. The van der Waals surface area contributed by atoms with E-state index in [1.807, 2.05) is 30.3 Å². The molecule has 2 atom stereocenters. The molecule has 4 rings (SSSR count). The minimum absolute atomic E-state index is 0.0316. The van der Waals surface area contributed by atoms with Crippen LogP contribution in [0, 0.1) is 0 Å². The van der Waals surface area contributed by atoms with Crippen molar-refractivity contribution in [3.63, 3.8) is 0 Å². The number of nitrogens with two attached hydrogens (primary N) is 1. The summed E-state index contributed by atoms with van der Waals surface area (Å²) in [7, 11) is 0. The smallest absolute Gasteiger partial charge is 0.231 e. The first-order chi connectivity index (χ1) is 11.2. The lowest BCUT2D eigenvalue weighted by Gasteiger charge is -2.29. The molecule has 2 aliphatic rings. The fourth-order valence-electron chi connectivity index (χ4n) is 2.99. The maximum absolute atomic E-state index is 6.01. The largest absolute Gasteiger partial charge is 0.454 e. The van der Waals surface area contributed by atoms with E-state index in [9.17, 15) is 0 Å². The predicted molar refractivity (Wildman–Crippen MR) is 91.6 cm³/mol. The average molecular weight is 374 g/mol. The molecule has 0 aliphatic carbocycles. The minimum Gasteiger partial charge on any atom is -0.454 e. The molecule has 0 saturated carbocycles. The molecule has 0 radical (unpaired) electrons. The molecule has 0 saturated heterocycles. The van der Waals surface area contributed by atoms with E-state index in [2.05, 4.69) is 38.4 Å². The summed E-state index contributed by atoms with van der Waals surface area (Å²) in [6, 6.07) is 14.3. The molecule has 0 fully saturated rings. The number of ether oxygens (including phenoxy) is 2. The molecule has 2 aromatic carbocycles. The fourth-order valence-corrected chi connectivity index (χ4v) is 3.41. The van der Waals surface area contributed by atoms with Gasteiger partial charge in [-0.25, -0.2) is 4.99 Å². The Morgan fingerprint density at radius 3 is 2.83 bits per heavy atom. The van der Waals surface area contributed by atoms with E-state index in [-0.39, 0.29) is 18.9 Å². The predicted octanol–water partition coefficient (Wildman–Crippen LogP) is 3.27. The molecule has 6 heteroatoms. The molecule has 2 aromatic rings. The van der Waals surface area contributed by atoms with Crippen LogP contribution in [0.25, 0.3) is 0 Å². The number of guanidine groups is 1. The second-order valence-electron chi connectivity index (χ2n) is 5.63. The molecule has 2 unspecified atom stereocenters. The van der Waals surface area contributed by atoms with Gasteiger partial charge >= 0.3 is 0 Å². The summed E-state index contributed by atoms with van der Waals surface area (Å²) in [5.74, 6) is 2.03. The third-order valence-electron chi connectivity index (χ3n) is 4.11. The first-order valence-electron chi connectivity index (χ1n) is 7.44. The second kappa shape index (κ2) is 5.77. The van der Waals surface area contributed by atoms with E-state index >= 15 is 0 Å². The van der Waals surface area contributed by atoms with Gasteiger partial charge in [-0.15, -0.1) is 0 Å². The Bertz CT molecular complexity index is 778. The van der Waals surface area contributed by atoms with Crippen LogP contribution in [0.2, 0.25) is 0 Å². The van der Waals surface area contributed by atoms with Crippen molar-refractivity contribution < 1.29 is 9.47 Å². The van der Waals surface area contributed by atoms with Crippen LogP contribution in [-0.2, 0) is 0 Å². The minimum atomic E-state index is 0.0316. The molecular formula is C17H16BrN3O2. The van der Waals surface area contributed by atoms with Crippen molar-refractivity contribution >= 4 is 21.9 Å². The average Bonchev–Trinajstić information content (AvgIpc) is 3.02. The van der Waals surface area contributed by atoms with Gasteiger partial charge in [-0.05, 0) is 41.8 Å². The standard InChI is InChI=1S/C17H16BrN3O2/c18-12-3-1-2-10(6-12)13-8-14(21-17(19)20-13)11-4-5-15-16(7-11)23-9-22-15/h1-7,13-14H,8-9H2,(H3,19,20,21). The molecule has 2 heterocycles. The van der Waals surface area contributed by atoms with Gasteiger partial charge in [-0.2, -0.15) is 0 Å². The van der Waals surface area contributed by atoms with Crippen LogP contribution in [0.4, 0.5) is 0 Å². The van der Waals surface area contributed by atoms with E-state index in [0.717, 1.165) is 33.5 Å². The Morgan fingerprint density at radius 2 is 1.96 bits per heavy atom. The van der Waals surface area contributed by atoms with Gasteiger partial charge in [-0.3, -0.25) is 0 Å². The van der Waals surface area contributed by atoms with Crippen molar-refractivity contribution in [3.05, 3.63) is 58.1 Å². The molecule has 23 heavy (non-hydrogen) atoms. The molecule has 0 amide bonds. The zero-order valence-corrected chi connectivity index (χ0v) is 13.9. The lowest BCUT2D eigenvalue weighted by atomic mass is 9.93. The number of halogens is 1. The van der Waals surface area contributed by atoms with Crippen molar-refractivity contribution in [2.24, 2.45) is 10.7 Å². The summed E-state index contributed by atoms with van der Waals surface area (Å²) in [5, 5.41) is 3.26. The van der Waals surface area contributed by atoms with E-state index in [0.29, 0.717) is 5.96 Å². The summed E-state index contributed by atoms with van der Waals surface area (Å²) in [6.07, 6.45) is 0.830. The number of hydrogen-bond acceptors (Lipinski definition) is 5. The van der Waals surface area contributed by atoms with E-state index in [1.165, 1.54) is 0 Å². The molecule has 3 N–H and O–H groups in total. The van der Waals surface area contributed by atoms with E-state index < -0.39 is 0 Å². The van der Waals surface area contributed by atoms with Crippen LogP contribution in [0.15, 0.2) is 51.9 Å². The third kappa shape index (κ3) is 2.86. The highest BCUT2D eigenvalue weighted by molar-refractivity contribution is 9.10. The topological polar surface area (TPSA) is 68.9 Å². The molecule has 2 aliphatic heterocycles. The zero-order valence-electron chi connectivity index (χ0n) is 12.3. The number of benzene rings is 2. The fraction of sp³-hybridized carbons (Fsp3) is 0.235. The summed E-state index contributed by atoms with van der Waals surface area (Å²) in [6.45, 7) is 0.279. The molecule has 5 nitrogen and oxygen atoms in total. The molecule has 118 valence electrons. The lowest BCUT2D eigenvalue weighted by Crippen LogP contribution is -2.39. The highest BCUT2D eigenvalue weighted by atomic mass is 79.9. The quantitative estimate of drug-likeness (QED) is 0.847. The lowest BCUT2D eigenvalue weighted by molar-refractivity contribution is 0.174. The van der Waals surface area contributed by atoms with E-state index in [1.54, 1.807) is 0 Å². The van der Waals surface area contributed by atoms with Crippen LogP contribution in [0.1, 0.15) is 29.6 Å². The van der Waals surface area contributed by atoms with Gasteiger partial charge in [0.15, 0.2) is 17.5 Å². The van der Waals surface area contributed by atoms with Crippen molar-refractivity contribution in [2.75, 3.05) is 6.79 Å². The van der Waals surface area contributed by atoms with Crippen LogP contribution >= 0.6 is 15.9 Å². The first-order valence-corrected chi connectivity index (χ1v) is 8.23. The Morgan fingerprint density at radius 1 is 1.09 bits per heavy atom. The van der Waals surface area contributed by atoms with Crippen LogP contribution in [0.5, 0.6) is 11.5 Å². The van der Waals surface area contributed by atoms with Crippen LogP contribution in [-0.4, -0.2) is 12.8 Å². The Balaban J connectivity index is 1.63. The Kier molecular flexibility index (Phi) is 3.61. The number of rotatable bonds is 2. The summed E-state index contributed by atoms with van der Waals surface area (Å²) in [5.41, 5.74) is 8.28. The third-order valence-corrected chi connectivity index (χ3v) is 4.60. The maximum atomic E-state index is 6.01. The molecule has 0 aromatic heterocycles. The normalized spacial score (nSPS) is 22.4. The molecule has 0 bridgehead atoms. The van der Waals surface area contributed by atoms with Crippen molar-refractivity contribution in [3.8, 4) is 11.5 Å². The van der Waals surface area contributed by atoms with Crippen LogP contribution in [0.3, 0.4) is 0 Å². The first kappa shape index (κ1) is 14.4. The maximum Gasteiger partial charge on any atom is 0.231 e. The number of nitrogens with zero attached hydrogens (tertiary/aromatic N) is 1. The van der Waals surface area contributed by atoms with Gasteiger partial charge in [0.05, 0.1) is 12.1 Å². The Hall–Kier alpha value is -2.21. The highest BCUT2D eigenvalue weighted by Crippen LogP contribution is 2.38. The van der Waals surface area contributed by atoms with Gasteiger partial charge in [0, 0.05) is 4.47 Å². The van der Waals surface area contributed by atoms with Crippen molar-refractivity contribution in [1.82, 2.24) is 5.32 Å². The van der Waals surface area contributed by atoms with Gasteiger partial charge in [0.25, 0.3) is 0 Å². The summed E-state index contributed by atoms with van der Waals surface area (Å²) < 4.78 is 11.9. The van der Waals surface area contributed by atoms with Gasteiger partial charge < -0.3 is 20.5 Å². The highest BCUT2D eigenvalue weighted by Gasteiger charge is 2.26. The molecule has 0 spiro atoms. The summed E-state index contributed by atoms with van der Waals surface area (Å²) >= 11 is 3.51. The second-order valence-corrected chi connectivity index (χ2v) is 6.55. The van der Waals surface area contributed by atoms with Crippen molar-refractivity contribution in [2.45, 2.75) is 18.5 Å². The van der Waals surface area contributed by atoms with Gasteiger partial charge in [-0.1, -0.05) is 34.1 Å². The number of hydrogen-bond donors (Lipinski definition) is 2. The van der Waals surface area contributed by atoms with Gasteiger partial charge in [0.2, 0.25) is 6.79 Å². The van der Waals surface area contributed by atoms with Gasteiger partial charge in [0.1, 0.15) is 0 Å². The van der Waals surface area contributed by atoms with Crippen molar-refractivity contribution in [1.29, 1.82) is 0 Å². The number of nitrogens with one attached hydrogen (secondary N) is 1. The van der Waals surface area contributed by atoms with E-state index in [4.69, 9.17) is 15.2 Å².